The smallest absolute Gasteiger partial charge is 0.379 e. The molecule has 4 rings (SSSR count). The minimum Gasteiger partial charge on any atom is -0.379 e. The maximum absolute atomic E-state index is 12.9. The molecule has 1 saturated heterocycles. The van der Waals surface area contributed by atoms with Crippen molar-refractivity contribution in [2.24, 2.45) is 0 Å². The summed E-state index contributed by atoms with van der Waals surface area (Å²) in [5.74, 6) is 0.189. The fourth-order valence-corrected chi connectivity index (χ4v) is 4.30. The van der Waals surface area contributed by atoms with Crippen LogP contribution in [0.4, 0.5) is 18.9 Å². The maximum Gasteiger partial charge on any atom is 0.416 e. The van der Waals surface area contributed by atoms with Gasteiger partial charge in [-0.25, -0.2) is 0 Å². The molecular formula is C22H21ClF3N5O2S. The number of benzene rings is 2. The van der Waals surface area contributed by atoms with E-state index in [1.807, 2.05) is 16.7 Å². The second-order valence-electron chi connectivity index (χ2n) is 7.51. The summed E-state index contributed by atoms with van der Waals surface area (Å²) in [6.07, 6.45) is -4.48. The van der Waals surface area contributed by atoms with Gasteiger partial charge in [-0.15, -0.1) is 10.2 Å². The SMILES string of the molecule is O=C(CSc1nnc(CN2CCOCC2)n1-c1ccc(Cl)cc1)Nc1cccc(C(F)(F)F)c1. The molecule has 0 bridgehead atoms. The molecule has 2 heterocycles. The molecule has 1 fully saturated rings. The van der Waals surface area contributed by atoms with E-state index in [0.717, 1.165) is 42.7 Å². The van der Waals surface area contributed by atoms with Crippen molar-refractivity contribution in [1.82, 2.24) is 19.7 Å². The first-order valence-corrected chi connectivity index (χ1v) is 11.8. The van der Waals surface area contributed by atoms with Crippen molar-refractivity contribution in [3.05, 3.63) is 64.9 Å². The molecule has 0 unspecified atom stereocenters. The van der Waals surface area contributed by atoms with Crippen molar-refractivity contribution >= 4 is 35.0 Å². The highest BCUT2D eigenvalue weighted by molar-refractivity contribution is 7.99. The van der Waals surface area contributed by atoms with Crippen LogP contribution in [0.3, 0.4) is 0 Å². The highest BCUT2D eigenvalue weighted by Crippen LogP contribution is 2.31. The number of thioether (sulfide) groups is 1. The quantitative estimate of drug-likeness (QED) is 0.471. The van der Waals surface area contributed by atoms with Crippen molar-refractivity contribution in [2.45, 2.75) is 17.9 Å². The van der Waals surface area contributed by atoms with Gasteiger partial charge in [0.05, 0.1) is 31.1 Å². The number of carbonyl (C=O) groups is 1. The summed E-state index contributed by atoms with van der Waals surface area (Å²) in [6, 6.07) is 11.7. The van der Waals surface area contributed by atoms with E-state index in [2.05, 4.69) is 20.4 Å². The number of aromatic nitrogens is 3. The molecule has 3 aromatic rings. The van der Waals surface area contributed by atoms with Gasteiger partial charge in [-0.1, -0.05) is 29.4 Å². The second kappa shape index (κ2) is 10.8. The Balaban J connectivity index is 1.49. The van der Waals surface area contributed by atoms with Crippen molar-refractivity contribution < 1.29 is 22.7 Å². The number of ether oxygens (including phenoxy) is 1. The molecule has 1 aliphatic rings. The zero-order chi connectivity index (χ0) is 24.1. The van der Waals surface area contributed by atoms with E-state index in [9.17, 15) is 18.0 Å². The minimum atomic E-state index is -4.48. The monoisotopic (exact) mass is 511 g/mol. The number of nitrogens with zero attached hydrogens (tertiary/aromatic N) is 4. The van der Waals surface area contributed by atoms with E-state index in [1.54, 1.807) is 12.1 Å². The lowest BCUT2D eigenvalue weighted by atomic mass is 10.2. The summed E-state index contributed by atoms with van der Waals surface area (Å²) in [5.41, 5.74) is 0.0410. The second-order valence-corrected chi connectivity index (χ2v) is 8.89. The summed E-state index contributed by atoms with van der Waals surface area (Å²) in [5, 5.41) is 12.2. The highest BCUT2D eigenvalue weighted by atomic mass is 35.5. The van der Waals surface area contributed by atoms with E-state index in [0.29, 0.717) is 35.8 Å². The van der Waals surface area contributed by atoms with Crippen LogP contribution in [0.1, 0.15) is 11.4 Å². The van der Waals surface area contributed by atoms with Gasteiger partial charge in [0.15, 0.2) is 11.0 Å². The molecule has 1 aromatic heterocycles. The van der Waals surface area contributed by atoms with Crippen LogP contribution >= 0.6 is 23.4 Å². The molecule has 2 aromatic carbocycles. The molecule has 0 saturated carbocycles. The van der Waals surface area contributed by atoms with Crippen molar-refractivity contribution in [1.29, 1.82) is 0 Å². The normalized spacial score (nSPS) is 14.8. The summed E-state index contributed by atoms with van der Waals surface area (Å²) < 4.78 is 46.0. The molecule has 1 amide bonds. The maximum atomic E-state index is 12.9. The average Bonchev–Trinajstić information content (AvgIpc) is 3.21. The van der Waals surface area contributed by atoms with Crippen LogP contribution in [0.25, 0.3) is 5.69 Å². The standard InChI is InChI=1S/C22H21ClF3N5O2S/c23-16-4-6-18(7-5-16)31-19(13-30-8-10-33-11-9-30)28-29-21(31)34-14-20(32)27-17-3-1-2-15(12-17)22(24,25)26/h1-7,12H,8-11,13-14H2,(H,27,32). The van der Waals surface area contributed by atoms with E-state index >= 15 is 0 Å². The zero-order valence-corrected chi connectivity index (χ0v) is 19.5. The van der Waals surface area contributed by atoms with Gasteiger partial charge in [0.2, 0.25) is 5.91 Å². The Morgan fingerprint density at radius 1 is 1.12 bits per heavy atom. The summed E-state index contributed by atoms with van der Waals surface area (Å²) in [4.78, 5) is 14.7. The number of anilines is 1. The Morgan fingerprint density at radius 2 is 1.85 bits per heavy atom. The first-order chi connectivity index (χ1) is 16.3. The summed E-state index contributed by atoms with van der Waals surface area (Å²) >= 11 is 7.18. The largest absolute Gasteiger partial charge is 0.416 e. The van der Waals surface area contributed by atoms with E-state index in [1.165, 1.54) is 12.1 Å². The molecule has 1 aliphatic heterocycles. The van der Waals surface area contributed by atoms with Gasteiger partial charge in [0.25, 0.3) is 0 Å². The minimum absolute atomic E-state index is 0.0560. The van der Waals surface area contributed by atoms with Gasteiger partial charge in [0.1, 0.15) is 0 Å². The Hall–Kier alpha value is -2.60. The lowest BCUT2D eigenvalue weighted by Crippen LogP contribution is -2.36. The average molecular weight is 512 g/mol. The molecule has 1 N–H and O–H groups in total. The Labute approximate surface area is 203 Å². The van der Waals surface area contributed by atoms with Crippen LogP contribution < -0.4 is 5.32 Å². The molecule has 12 heteroatoms. The number of halogens is 4. The number of amides is 1. The van der Waals surface area contributed by atoms with Crippen LogP contribution in [0.2, 0.25) is 5.02 Å². The van der Waals surface area contributed by atoms with Crippen LogP contribution in [0.5, 0.6) is 0 Å². The molecule has 34 heavy (non-hydrogen) atoms. The molecule has 0 spiro atoms. The van der Waals surface area contributed by atoms with Crippen LogP contribution in [0, 0.1) is 0 Å². The third kappa shape index (κ3) is 6.29. The number of hydrogen-bond acceptors (Lipinski definition) is 6. The van der Waals surface area contributed by atoms with Gasteiger partial charge in [-0.2, -0.15) is 13.2 Å². The number of alkyl halides is 3. The first-order valence-electron chi connectivity index (χ1n) is 10.4. The Kier molecular flexibility index (Phi) is 7.77. The van der Waals surface area contributed by atoms with E-state index in [4.69, 9.17) is 16.3 Å². The molecule has 0 atom stereocenters. The van der Waals surface area contributed by atoms with Crippen LogP contribution in [-0.4, -0.2) is 57.6 Å². The fraction of sp³-hybridized carbons (Fsp3) is 0.318. The van der Waals surface area contributed by atoms with Crippen LogP contribution in [-0.2, 0) is 22.3 Å². The predicted molar refractivity (Wildman–Crippen MR) is 123 cm³/mol. The highest BCUT2D eigenvalue weighted by Gasteiger charge is 2.30. The van der Waals surface area contributed by atoms with E-state index < -0.39 is 17.6 Å². The molecule has 0 radical (unpaired) electrons. The summed E-state index contributed by atoms with van der Waals surface area (Å²) in [7, 11) is 0. The zero-order valence-electron chi connectivity index (χ0n) is 17.9. The van der Waals surface area contributed by atoms with Gasteiger partial charge in [0, 0.05) is 29.5 Å². The van der Waals surface area contributed by atoms with Crippen molar-refractivity contribution in [3.8, 4) is 5.69 Å². The Bertz CT molecular complexity index is 1130. The number of rotatable bonds is 7. The molecular weight excluding hydrogens is 491 g/mol. The van der Waals surface area contributed by atoms with Crippen molar-refractivity contribution in [3.63, 3.8) is 0 Å². The van der Waals surface area contributed by atoms with Gasteiger partial charge in [-0.05, 0) is 42.5 Å². The van der Waals surface area contributed by atoms with Crippen molar-refractivity contribution in [2.75, 3.05) is 37.4 Å². The number of hydrogen-bond donors (Lipinski definition) is 1. The number of morpholine rings is 1. The third-order valence-corrected chi connectivity index (χ3v) is 6.24. The van der Waals surface area contributed by atoms with Gasteiger partial charge in [-0.3, -0.25) is 14.3 Å². The predicted octanol–water partition coefficient (Wildman–Crippen LogP) is 4.50. The lowest BCUT2D eigenvalue weighted by Gasteiger charge is -2.26. The number of carbonyl (C=O) groups excluding carboxylic acids is 1. The van der Waals surface area contributed by atoms with Gasteiger partial charge < -0.3 is 10.1 Å². The molecule has 180 valence electrons. The first kappa shape index (κ1) is 24.5. The van der Waals surface area contributed by atoms with Gasteiger partial charge >= 0.3 is 6.18 Å². The lowest BCUT2D eigenvalue weighted by molar-refractivity contribution is -0.137. The Morgan fingerprint density at radius 3 is 2.56 bits per heavy atom. The molecule has 7 nitrogen and oxygen atoms in total. The topological polar surface area (TPSA) is 72.3 Å². The fourth-order valence-electron chi connectivity index (χ4n) is 3.41. The molecule has 0 aliphatic carbocycles. The summed E-state index contributed by atoms with van der Waals surface area (Å²) in [6.45, 7) is 3.39. The van der Waals surface area contributed by atoms with E-state index in [-0.39, 0.29) is 11.4 Å². The van der Waals surface area contributed by atoms with Crippen LogP contribution in [0.15, 0.2) is 53.7 Å². The number of nitrogens with one attached hydrogen (secondary N) is 1. The third-order valence-electron chi connectivity index (χ3n) is 5.06.